The highest BCUT2D eigenvalue weighted by Gasteiger charge is 2.24. The fourth-order valence-corrected chi connectivity index (χ4v) is 4.68. The lowest BCUT2D eigenvalue weighted by Gasteiger charge is -2.17. The zero-order chi connectivity index (χ0) is 32.9. The molecule has 15 nitrogen and oxygen atoms in total. The number of halogens is 1. The maximum Gasteiger partial charge on any atom is 0.336 e. The van der Waals surface area contributed by atoms with E-state index in [9.17, 15) is 8.42 Å². The van der Waals surface area contributed by atoms with Crippen molar-refractivity contribution in [3.8, 4) is 46.7 Å². The molecule has 17 heteroatoms. The summed E-state index contributed by atoms with van der Waals surface area (Å²) in [4.78, 5) is 25.6. The number of aromatic nitrogens is 6. The van der Waals surface area contributed by atoms with Gasteiger partial charge in [-0.1, -0.05) is 42.5 Å². The van der Waals surface area contributed by atoms with E-state index >= 15 is 0 Å². The highest BCUT2D eigenvalue weighted by atomic mass is 79.9. The highest BCUT2D eigenvalue weighted by molar-refractivity contribution is 9.10. The second kappa shape index (κ2) is 16.5. The smallest absolute Gasteiger partial charge is 0.336 e. The lowest BCUT2D eigenvalue weighted by molar-refractivity contribution is 0.188. The Bertz CT molecular complexity index is 1840. The molecule has 0 bridgehead atoms. The van der Waals surface area contributed by atoms with Crippen LogP contribution in [0.3, 0.4) is 0 Å². The molecule has 0 fully saturated rings. The summed E-state index contributed by atoms with van der Waals surface area (Å²) < 4.78 is 62.1. The molecule has 0 radical (unpaired) electrons. The Hall–Kier alpha value is -4.97. The summed E-state index contributed by atoms with van der Waals surface area (Å²) in [5.41, 5.74) is 0.771. The van der Waals surface area contributed by atoms with Crippen LogP contribution in [-0.4, -0.2) is 71.9 Å². The van der Waals surface area contributed by atoms with E-state index in [0.717, 1.165) is 5.56 Å². The van der Waals surface area contributed by atoms with Crippen LogP contribution in [0.25, 0.3) is 11.6 Å². The Labute approximate surface area is 278 Å². The first kappa shape index (κ1) is 33.4. The lowest BCUT2D eigenvalue weighted by Crippen LogP contribution is -2.27. The van der Waals surface area contributed by atoms with Crippen molar-refractivity contribution in [3.63, 3.8) is 0 Å². The third kappa shape index (κ3) is 10.0. The molecule has 5 aromatic rings. The number of methoxy groups -OCH3 is 1. The van der Waals surface area contributed by atoms with Gasteiger partial charge in [-0.25, -0.2) is 19.9 Å². The average molecular weight is 727 g/mol. The molecule has 3 heterocycles. The molecular formula is C30H28BrN7O8S. The molecule has 244 valence electrons. The number of ether oxygens (including phenoxy) is 5. The average Bonchev–Trinajstić information content (AvgIpc) is 3.10. The van der Waals surface area contributed by atoms with Crippen LogP contribution in [0, 0.1) is 0 Å². The molecule has 47 heavy (non-hydrogen) atoms. The quantitative estimate of drug-likeness (QED) is 0.135. The molecule has 0 aliphatic carbocycles. The zero-order valence-corrected chi connectivity index (χ0v) is 27.3. The molecule has 3 aromatic heterocycles. The number of para-hydroxylation sites is 2. The Morgan fingerprint density at radius 1 is 0.723 bits per heavy atom. The van der Waals surface area contributed by atoms with Gasteiger partial charge in [0.05, 0.1) is 11.6 Å². The van der Waals surface area contributed by atoms with Crippen LogP contribution in [0.1, 0.15) is 5.56 Å². The van der Waals surface area contributed by atoms with Crippen LogP contribution in [0.5, 0.6) is 35.0 Å². The van der Waals surface area contributed by atoms with E-state index in [0.29, 0.717) is 16.0 Å². The van der Waals surface area contributed by atoms with Gasteiger partial charge in [0.2, 0.25) is 5.82 Å². The van der Waals surface area contributed by atoms with Gasteiger partial charge >= 0.3 is 16.3 Å². The Morgan fingerprint density at radius 3 is 2.02 bits per heavy atom. The second-order valence-corrected chi connectivity index (χ2v) is 11.5. The fourth-order valence-electron chi connectivity index (χ4n) is 3.76. The molecule has 0 spiro atoms. The molecule has 2 aromatic carbocycles. The van der Waals surface area contributed by atoms with Crippen molar-refractivity contribution in [2.45, 2.75) is 6.54 Å². The molecule has 0 aliphatic heterocycles. The van der Waals surface area contributed by atoms with Crippen molar-refractivity contribution >= 4 is 26.2 Å². The van der Waals surface area contributed by atoms with E-state index in [1.807, 2.05) is 6.07 Å². The van der Waals surface area contributed by atoms with Gasteiger partial charge in [-0.05, 0) is 39.7 Å². The Balaban J connectivity index is 1.37. The summed E-state index contributed by atoms with van der Waals surface area (Å²) in [6.45, 7) is -0.497. The molecule has 0 aliphatic rings. The maximum absolute atomic E-state index is 12.4. The molecule has 1 N–H and O–H groups in total. The number of nitrogens with one attached hydrogen (secondary N) is 1. The summed E-state index contributed by atoms with van der Waals surface area (Å²) in [6, 6.07) is 17.7. The largest absolute Gasteiger partial charge is 0.493 e. The Morgan fingerprint density at radius 2 is 1.34 bits per heavy atom. The summed E-state index contributed by atoms with van der Waals surface area (Å²) in [5.74, 6) is 0.780. The van der Waals surface area contributed by atoms with Crippen LogP contribution >= 0.6 is 15.9 Å². The molecule has 0 saturated carbocycles. The fraction of sp³-hybridized carbons (Fsp3) is 0.200. The van der Waals surface area contributed by atoms with Crippen LogP contribution in [-0.2, 0) is 21.0 Å². The number of benzene rings is 2. The zero-order valence-electron chi connectivity index (χ0n) is 24.9. The van der Waals surface area contributed by atoms with Crippen LogP contribution in [0.15, 0.2) is 89.9 Å². The molecule has 5 rings (SSSR count). The summed E-state index contributed by atoms with van der Waals surface area (Å²) in [6.07, 6.45) is 6.16. The highest BCUT2D eigenvalue weighted by Crippen LogP contribution is 2.41. The van der Waals surface area contributed by atoms with Crippen molar-refractivity contribution in [2.75, 3.05) is 33.5 Å². The molecule has 0 unspecified atom stereocenters. The van der Waals surface area contributed by atoms with E-state index in [4.69, 9.17) is 27.9 Å². The van der Waals surface area contributed by atoms with E-state index < -0.39 is 10.3 Å². The SMILES string of the molecule is COc1ccccc1Oc1c(OCCOc2ncc(Br)cn2)nc(-c2ncccn2)nc1OCCOS(=O)(=O)NCc1ccccc1. The maximum atomic E-state index is 12.4. The molecule has 0 amide bonds. The number of hydrogen-bond acceptors (Lipinski definition) is 14. The minimum atomic E-state index is -4.08. The first-order chi connectivity index (χ1) is 22.9. The Kier molecular flexibility index (Phi) is 11.8. The van der Waals surface area contributed by atoms with Crippen molar-refractivity contribution in [1.82, 2.24) is 34.6 Å². The van der Waals surface area contributed by atoms with E-state index in [-0.39, 0.29) is 68.1 Å². The standard InChI is InChI=1S/C30H28BrN7O8S/c1-41-23-10-5-6-11-24(23)46-25-28(42-14-15-44-30-34-19-22(31)20-35-30)37-27(26-32-12-7-13-33-26)38-29(25)43-16-17-45-47(39,40)36-18-21-8-3-2-4-9-21/h2-13,19-20,36H,14-18H2,1H3. The summed E-state index contributed by atoms with van der Waals surface area (Å²) in [7, 11) is -2.59. The van der Waals surface area contributed by atoms with Crippen molar-refractivity contribution in [3.05, 3.63) is 95.5 Å². The molecule has 0 saturated heterocycles. The molecule has 0 atom stereocenters. The monoisotopic (exact) mass is 725 g/mol. The predicted molar refractivity (Wildman–Crippen MR) is 170 cm³/mol. The van der Waals surface area contributed by atoms with Gasteiger partial charge in [0, 0.05) is 31.3 Å². The van der Waals surface area contributed by atoms with E-state index in [2.05, 4.69) is 50.6 Å². The predicted octanol–water partition coefficient (Wildman–Crippen LogP) is 4.17. The molecular weight excluding hydrogens is 698 g/mol. The van der Waals surface area contributed by atoms with E-state index in [1.54, 1.807) is 67.0 Å². The minimum absolute atomic E-state index is 0.0122. The first-order valence-corrected chi connectivity index (χ1v) is 16.1. The van der Waals surface area contributed by atoms with Crippen molar-refractivity contribution < 1.29 is 36.3 Å². The minimum Gasteiger partial charge on any atom is -0.493 e. The van der Waals surface area contributed by atoms with E-state index in [1.165, 1.54) is 19.5 Å². The van der Waals surface area contributed by atoms with Crippen molar-refractivity contribution in [2.24, 2.45) is 0 Å². The van der Waals surface area contributed by atoms with Gasteiger partial charge in [-0.15, -0.1) is 0 Å². The number of nitrogens with zero attached hydrogens (tertiary/aromatic N) is 6. The topological polar surface area (TPSA) is 179 Å². The summed E-state index contributed by atoms with van der Waals surface area (Å²) in [5, 5.41) is 0. The van der Waals surface area contributed by atoms with Gasteiger partial charge in [0.15, 0.2) is 17.3 Å². The van der Waals surface area contributed by atoms with Gasteiger partial charge in [0.25, 0.3) is 17.5 Å². The third-order valence-electron chi connectivity index (χ3n) is 5.86. The van der Waals surface area contributed by atoms with Gasteiger partial charge in [-0.2, -0.15) is 23.1 Å². The van der Waals surface area contributed by atoms with Gasteiger partial charge in [-0.3, -0.25) is 4.18 Å². The summed E-state index contributed by atoms with van der Waals surface area (Å²) >= 11 is 3.28. The number of rotatable bonds is 17. The first-order valence-electron chi connectivity index (χ1n) is 13.9. The normalized spacial score (nSPS) is 11.1. The van der Waals surface area contributed by atoms with Crippen LogP contribution in [0.2, 0.25) is 0 Å². The van der Waals surface area contributed by atoms with Gasteiger partial charge in [0.1, 0.15) is 26.4 Å². The van der Waals surface area contributed by atoms with Gasteiger partial charge < -0.3 is 23.7 Å². The lowest BCUT2D eigenvalue weighted by atomic mass is 10.2. The second-order valence-electron chi connectivity index (χ2n) is 9.12. The van der Waals surface area contributed by atoms with Crippen LogP contribution in [0.4, 0.5) is 0 Å². The third-order valence-corrected chi connectivity index (χ3v) is 7.24. The number of hydrogen-bond donors (Lipinski definition) is 1. The van der Waals surface area contributed by atoms with Crippen LogP contribution < -0.4 is 28.4 Å². The van der Waals surface area contributed by atoms with Crippen molar-refractivity contribution in [1.29, 1.82) is 0 Å².